The van der Waals surface area contributed by atoms with Crippen molar-refractivity contribution in [2.24, 2.45) is 4.99 Å². The Bertz CT molecular complexity index is 801. The van der Waals surface area contributed by atoms with Crippen LogP contribution in [0.1, 0.15) is 30.2 Å². The zero-order chi connectivity index (χ0) is 21.9. The van der Waals surface area contributed by atoms with Crippen LogP contribution in [0.4, 0.5) is 0 Å². The number of guanidine groups is 1. The third kappa shape index (κ3) is 7.88. The first-order valence-corrected chi connectivity index (χ1v) is 10.8. The summed E-state index contributed by atoms with van der Waals surface area (Å²) in [5.74, 6) is 1.52. The van der Waals surface area contributed by atoms with Crippen molar-refractivity contribution >= 4 is 29.9 Å². The molecule has 0 radical (unpaired) electrons. The minimum absolute atomic E-state index is 0. The maximum atomic E-state index is 10.4. The van der Waals surface area contributed by atoms with Crippen LogP contribution in [0.3, 0.4) is 0 Å². The lowest BCUT2D eigenvalue weighted by atomic mass is 10.0. The Morgan fingerprint density at radius 1 is 1.12 bits per heavy atom. The number of aliphatic hydroxyl groups is 1. The fraction of sp³-hybridized carbons (Fsp3) is 0.478. The van der Waals surface area contributed by atoms with Crippen LogP contribution in [0, 0.1) is 0 Å². The highest BCUT2D eigenvalue weighted by Gasteiger charge is 2.23. The minimum Gasteiger partial charge on any atom is -0.497 e. The zero-order valence-electron chi connectivity index (χ0n) is 18.7. The SMILES string of the molecule is CCNC(=NCC(c1ccc(OC)cc1)N1CCOCC1)NCC(O)c1ccncc1.I. The predicted octanol–water partition coefficient (Wildman–Crippen LogP) is 2.37. The van der Waals surface area contributed by atoms with Crippen molar-refractivity contribution in [3.05, 3.63) is 59.9 Å². The third-order valence-corrected chi connectivity index (χ3v) is 5.31. The Morgan fingerprint density at radius 3 is 2.44 bits per heavy atom. The summed E-state index contributed by atoms with van der Waals surface area (Å²) in [5, 5.41) is 17.0. The first kappa shape index (κ1) is 26.3. The second-order valence-corrected chi connectivity index (χ2v) is 7.33. The Balaban J connectivity index is 0.00000363. The molecule has 0 amide bonds. The summed E-state index contributed by atoms with van der Waals surface area (Å²) in [7, 11) is 1.67. The molecule has 0 saturated carbocycles. The normalized spacial score (nSPS) is 16.5. The topological polar surface area (TPSA) is 91.2 Å². The first-order chi connectivity index (χ1) is 15.2. The number of rotatable bonds is 9. The lowest BCUT2D eigenvalue weighted by Crippen LogP contribution is -2.42. The number of halogens is 1. The molecule has 0 bridgehead atoms. The Labute approximate surface area is 207 Å². The van der Waals surface area contributed by atoms with Gasteiger partial charge in [0.05, 0.1) is 39.0 Å². The van der Waals surface area contributed by atoms with E-state index in [4.69, 9.17) is 14.5 Å². The number of methoxy groups -OCH3 is 1. The molecule has 1 aromatic carbocycles. The van der Waals surface area contributed by atoms with E-state index < -0.39 is 6.10 Å². The molecule has 3 rings (SSSR count). The summed E-state index contributed by atoms with van der Waals surface area (Å²) in [6.45, 7) is 6.92. The van der Waals surface area contributed by atoms with Crippen molar-refractivity contribution < 1.29 is 14.6 Å². The van der Waals surface area contributed by atoms with E-state index in [2.05, 4.69) is 32.7 Å². The molecule has 8 nitrogen and oxygen atoms in total. The molecule has 1 aliphatic heterocycles. The molecular weight excluding hydrogens is 521 g/mol. The molecule has 2 aromatic rings. The van der Waals surface area contributed by atoms with E-state index in [9.17, 15) is 5.11 Å². The summed E-state index contributed by atoms with van der Waals surface area (Å²) in [6, 6.07) is 11.9. The van der Waals surface area contributed by atoms with Gasteiger partial charge in [0.2, 0.25) is 0 Å². The standard InChI is InChI=1S/C23H33N5O3.HI/c1-3-25-23(27-17-22(29)19-8-10-24-11-9-19)26-16-21(28-12-14-31-15-13-28)18-4-6-20(30-2)7-5-18;/h4-11,21-22,29H,3,12-17H2,1-2H3,(H2,25,26,27);1H. The number of nitrogens with one attached hydrogen (secondary N) is 2. The number of hydrogen-bond donors (Lipinski definition) is 3. The number of morpholine rings is 1. The molecule has 3 N–H and O–H groups in total. The van der Waals surface area contributed by atoms with E-state index in [0.29, 0.717) is 19.0 Å². The average Bonchev–Trinajstić information content (AvgIpc) is 2.84. The van der Waals surface area contributed by atoms with Gasteiger partial charge in [0.1, 0.15) is 5.75 Å². The van der Waals surface area contributed by atoms with Crippen LogP contribution in [-0.2, 0) is 4.74 Å². The molecular formula is C23H34IN5O3. The van der Waals surface area contributed by atoms with E-state index >= 15 is 0 Å². The number of hydrogen-bond acceptors (Lipinski definition) is 6. The number of benzene rings is 1. The molecule has 2 unspecified atom stereocenters. The Kier molecular flexibility index (Phi) is 11.7. The second kappa shape index (κ2) is 14.2. The van der Waals surface area contributed by atoms with Crippen LogP contribution in [0.2, 0.25) is 0 Å². The van der Waals surface area contributed by atoms with Gasteiger partial charge in [0.15, 0.2) is 5.96 Å². The fourth-order valence-corrected chi connectivity index (χ4v) is 3.56. The quantitative estimate of drug-likeness (QED) is 0.249. The zero-order valence-corrected chi connectivity index (χ0v) is 21.1. The lowest BCUT2D eigenvalue weighted by Gasteiger charge is -2.34. The van der Waals surface area contributed by atoms with Crippen molar-refractivity contribution in [2.75, 3.05) is 53.0 Å². The summed E-state index contributed by atoms with van der Waals surface area (Å²) in [6.07, 6.45) is 2.72. The summed E-state index contributed by atoms with van der Waals surface area (Å²) in [5.41, 5.74) is 2.02. The molecule has 0 aliphatic carbocycles. The van der Waals surface area contributed by atoms with Crippen LogP contribution in [0.5, 0.6) is 5.75 Å². The molecule has 9 heteroatoms. The van der Waals surface area contributed by atoms with E-state index in [0.717, 1.165) is 44.2 Å². The molecule has 2 atom stereocenters. The number of nitrogens with zero attached hydrogens (tertiary/aromatic N) is 3. The van der Waals surface area contributed by atoms with Gasteiger partial charge in [0.25, 0.3) is 0 Å². The molecule has 1 saturated heterocycles. The van der Waals surface area contributed by atoms with Gasteiger partial charge in [-0.1, -0.05) is 12.1 Å². The van der Waals surface area contributed by atoms with Gasteiger partial charge in [-0.2, -0.15) is 0 Å². The molecule has 1 fully saturated rings. The summed E-state index contributed by atoms with van der Waals surface area (Å²) < 4.78 is 10.8. The van der Waals surface area contributed by atoms with Gasteiger partial charge < -0.3 is 25.2 Å². The van der Waals surface area contributed by atoms with Crippen LogP contribution < -0.4 is 15.4 Å². The monoisotopic (exact) mass is 555 g/mol. The van der Waals surface area contributed by atoms with E-state index in [-0.39, 0.29) is 30.0 Å². The predicted molar refractivity (Wildman–Crippen MR) is 137 cm³/mol. The number of pyridine rings is 1. The molecule has 32 heavy (non-hydrogen) atoms. The van der Waals surface area contributed by atoms with Crippen LogP contribution in [0.25, 0.3) is 0 Å². The van der Waals surface area contributed by atoms with Gasteiger partial charge in [-0.05, 0) is 42.3 Å². The van der Waals surface area contributed by atoms with Crippen molar-refractivity contribution in [3.8, 4) is 5.75 Å². The molecule has 1 aromatic heterocycles. The van der Waals surface area contributed by atoms with Crippen molar-refractivity contribution in [1.82, 2.24) is 20.5 Å². The Morgan fingerprint density at radius 2 is 1.81 bits per heavy atom. The number of ether oxygens (including phenoxy) is 2. The number of aromatic nitrogens is 1. The van der Waals surface area contributed by atoms with E-state index in [1.165, 1.54) is 5.56 Å². The molecule has 2 heterocycles. The van der Waals surface area contributed by atoms with Crippen molar-refractivity contribution in [2.45, 2.75) is 19.1 Å². The van der Waals surface area contributed by atoms with Crippen LogP contribution in [0.15, 0.2) is 53.8 Å². The van der Waals surface area contributed by atoms with Crippen molar-refractivity contribution in [1.29, 1.82) is 0 Å². The smallest absolute Gasteiger partial charge is 0.191 e. The Hall–Kier alpha value is -1.95. The molecule has 0 spiro atoms. The highest BCUT2D eigenvalue weighted by Crippen LogP contribution is 2.24. The third-order valence-electron chi connectivity index (χ3n) is 5.31. The van der Waals surface area contributed by atoms with Gasteiger partial charge in [-0.15, -0.1) is 24.0 Å². The fourth-order valence-electron chi connectivity index (χ4n) is 3.56. The van der Waals surface area contributed by atoms with Crippen LogP contribution in [-0.4, -0.2) is 74.0 Å². The minimum atomic E-state index is -0.636. The highest BCUT2D eigenvalue weighted by molar-refractivity contribution is 14.0. The van der Waals surface area contributed by atoms with Crippen LogP contribution >= 0.6 is 24.0 Å². The number of aliphatic hydroxyl groups excluding tert-OH is 1. The highest BCUT2D eigenvalue weighted by atomic mass is 127. The number of aliphatic imine (C=N–C) groups is 1. The summed E-state index contributed by atoms with van der Waals surface area (Å²) in [4.78, 5) is 11.2. The average molecular weight is 555 g/mol. The van der Waals surface area contributed by atoms with E-state index in [1.807, 2.05) is 31.2 Å². The molecule has 1 aliphatic rings. The van der Waals surface area contributed by atoms with Gasteiger partial charge >= 0.3 is 0 Å². The second-order valence-electron chi connectivity index (χ2n) is 7.33. The lowest BCUT2D eigenvalue weighted by molar-refractivity contribution is 0.0179. The maximum Gasteiger partial charge on any atom is 0.191 e. The van der Waals surface area contributed by atoms with Crippen molar-refractivity contribution in [3.63, 3.8) is 0 Å². The largest absolute Gasteiger partial charge is 0.497 e. The van der Waals surface area contributed by atoms with E-state index in [1.54, 1.807) is 19.5 Å². The van der Waals surface area contributed by atoms with Gasteiger partial charge in [-0.25, -0.2) is 0 Å². The van der Waals surface area contributed by atoms with Gasteiger partial charge in [0, 0.05) is 38.6 Å². The van der Waals surface area contributed by atoms with Gasteiger partial charge in [-0.3, -0.25) is 14.9 Å². The maximum absolute atomic E-state index is 10.4. The summed E-state index contributed by atoms with van der Waals surface area (Å²) >= 11 is 0. The molecule has 176 valence electrons. The first-order valence-electron chi connectivity index (χ1n) is 10.8.